The minimum absolute atomic E-state index is 0.123. The van der Waals surface area contributed by atoms with Gasteiger partial charge in [-0.3, -0.25) is 9.59 Å². The van der Waals surface area contributed by atoms with Crippen molar-refractivity contribution < 1.29 is 28.6 Å². The Labute approximate surface area is 195 Å². The van der Waals surface area contributed by atoms with Gasteiger partial charge in [0.25, 0.3) is 5.91 Å². The van der Waals surface area contributed by atoms with Crippen LogP contribution in [0.15, 0.2) is 60.7 Å². The molecule has 4 rings (SSSR count). The third-order valence-corrected chi connectivity index (χ3v) is 6.09. The molecule has 0 saturated heterocycles. The van der Waals surface area contributed by atoms with Crippen molar-refractivity contribution in [3.05, 3.63) is 88.2 Å². The molecular weight excluding hydrogens is 449 g/mol. The minimum Gasteiger partial charge on any atom is -0.493 e. The number of carbonyl (C=O) groups excluding carboxylic acids is 2. The minimum atomic E-state index is -2.11. The van der Waals surface area contributed by atoms with E-state index >= 15 is 0 Å². The second-order valence-electron chi connectivity index (χ2n) is 7.64. The van der Waals surface area contributed by atoms with Gasteiger partial charge < -0.3 is 19.5 Å². The zero-order valence-corrected chi connectivity index (χ0v) is 18.7. The summed E-state index contributed by atoms with van der Waals surface area (Å²) in [6.07, 6.45) is -0.500. The molecule has 1 unspecified atom stereocenters. The predicted molar refractivity (Wildman–Crippen MR) is 121 cm³/mol. The number of nitrogens with zero attached hydrogens (tertiary/aromatic N) is 1. The number of halogens is 2. The number of benzene rings is 3. The summed E-state index contributed by atoms with van der Waals surface area (Å²) in [5.41, 5.74) is -1.07. The van der Waals surface area contributed by atoms with Crippen LogP contribution in [0.1, 0.15) is 27.9 Å². The maximum atomic E-state index is 14.4. The van der Waals surface area contributed by atoms with E-state index in [0.29, 0.717) is 17.2 Å². The fourth-order valence-electron chi connectivity index (χ4n) is 4.02. The molecule has 1 aliphatic rings. The van der Waals surface area contributed by atoms with Gasteiger partial charge in [0, 0.05) is 21.7 Å². The third kappa shape index (κ3) is 3.94. The van der Waals surface area contributed by atoms with Crippen molar-refractivity contribution in [2.24, 2.45) is 0 Å². The topological polar surface area (TPSA) is 76.1 Å². The van der Waals surface area contributed by atoms with Gasteiger partial charge in [0.2, 0.25) is 0 Å². The van der Waals surface area contributed by atoms with Crippen molar-refractivity contribution in [1.82, 2.24) is 0 Å². The second kappa shape index (κ2) is 8.84. The summed E-state index contributed by atoms with van der Waals surface area (Å²) in [6.45, 7) is -0.186. The molecule has 1 atom stereocenters. The number of hydrogen-bond donors (Lipinski definition) is 1. The van der Waals surface area contributed by atoms with Crippen LogP contribution in [0.25, 0.3) is 0 Å². The van der Waals surface area contributed by atoms with E-state index in [2.05, 4.69) is 0 Å². The summed E-state index contributed by atoms with van der Waals surface area (Å²) in [5, 5.41) is 11.6. The van der Waals surface area contributed by atoms with Crippen LogP contribution in [-0.4, -0.2) is 31.0 Å². The van der Waals surface area contributed by atoms with Gasteiger partial charge in [-0.15, -0.1) is 0 Å². The maximum absolute atomic E-state index is 14.4. The Morgan fingerprint density at radius 1 is 1.06 bits per heavy atom. The van der Waals surface area contributed by atoms with E-state index in [-0.39, 0.29) is 28.3 Å². The molecule has 1 heterocycles. The molecule has 1 aliphatic heterocycles. The lowest BCUT2D eigenvalue weighted by molar-refractivity contribution is -0.136. The summed E-state index contributed by atoms with van der Waals surface area (Å²) >= 11 is 6.15. The number of anilines is 1. The summed E-state index contributed by atoms with van der Waals surface area (Å²) < 4.78 is 24.8. The van der Waals surface area contributed by atoms with Crippen LogP contribution in [0, 0.1) is 5.82 Å². The van der Waals surface area contributed by atoms with Gasteiger partial charge >= 0.3 is 0 Å². The quantitative estimate of drug-likeness (QED) is 0.515. The highest BCUT2D eigenvalue weighted by Gasteiger charge is 2.51. The van der Waals surface area contributed by atoms with Crippen LogP contribution >= 0.6 is 11.6 Å². The van der Waals surface area contributed by atoms with E-state index in [0.717, 1.165) is 0 Å². The number of aliphatic hydroxyl groups is 1. The molecule has 0 radical (unpaired) electrons. The molecule has 1 amide bonds. The van der Waals surface area contributed by atoms with E-state index in [1.54, 1.807) is 30.3 Å². The van der Waals surface area contributed by atoms with Crippen molar-refractivity contribution in [3.8, 4) is 11.5 Å². The van der Waals surface area contributed by atoms with E-state index < -0.39 is 29.5 Å². The first-order chi connectivity index (χ1) is 15.8. The van der Waals surface area contributed by atoms with Crippen molar-refractivity contribution >= 4 is 29.0 Å². The first kappa shape index (κ1) is 22.8. The molecule has 3 aromatic carbocycles. The van der Waals surface area contributed by atoms with Crippen LogP contribution in [0.4, 0.5) is 10.1 Å². The molecule has 1 N–H and O–H groups in total. The maximum Gasteiger partial charge on any atom is 0.264 e. The van der Waals surface area contributed by atoms with Crippen LogP contribution in [0.5, 0.6) is 11.5 Å². The number of hydrogen-bond acceptors (Lipinski definition) is 5. The number of amides is 1. The smallest absolute Gasteiger partial charge is 0.264 e. The molecule has 170 valence electrons. The molecule has 3 aromatic rings. The number of para-hydroxylation sites is 1. The molecule has 8 heteroatoms. The number of carbonyl (C=O) groups is 2. The van der Waals surface area contributed by atoms with Gasteiger partial charge in [0.1, 0.15) is 5.82 Å². The highest BCUT2D eigenvalue weighted by Crippen LogP contribution is 2.44. The number of ether oxygens (including phenoxy) is 2. The number of methoxy groups -OCH3 is 2. The SMILES string of the molecule is COc1ccc(C(=O)CC2(O)C(=O)N(Cc3c(F)cccc3Cl)c3ccccc32)cc1OC. The molecule has 0 spiro atoms. The summed E-state index contributed by atoms with van der Waals surface area (Å²) in [7, 11) is 2.93. The van der Waals surface area contributed by atoms with E-state index in [9.17, 15) is 19.1 Å². The van der Waals surface area contributed by atoms with Gasteiger partial charge in [0.15, 0.2) is 22.9 Å². The van der Waals surface area contributed by atoms with E-state index in [1.807, 2.05) is 0 Å². The van der Waals surface area contributed by atoms with E-state index in [1.165, 1.54) is 49.5 Å². The van der Waals surface area contributed by atoms with E-state index in [4.69, 9.17) is 21.1 Å². The Morgan fingerprint density at radius 2 is 1.79 bits per heavy atom. The highest BCUT2D eigenvalue weighted by molar-refractivity contribution is 6.31. The Morgan fingerprint density at radius 3 is 2.48 bits per heavy atom. The molecule has 0 aromatic heterocycles. The van der Waals surface area contributed by atoms with Crippen molar-refractivity contribution in [2.45, 2.75) is 18.6 Å². The number of rotatable bonds is 7. The standard InChI is InChI=1S/C25H21ClFNO5/c1-32-22-11-10-15(12-23(22)33-2)21(29)13-25(31)17-6-3-4-9-20(17)28(24(25)30)14-16-18(26)7-5-8-19(16)27/h3-12,31H,13-14H2,1-2H3. The van der Waals surface area contributed by atoms with Crippen LogP contribution in [0.3, 0.4) is 0 Å². The lowest BCUT2D eigenvalue weighted by Crippen LogP contribution is -2.41. The number of ketones is 1. The van der Waals surface area contributed by atoms with Crippen molar-refractivity contribution in [2.75, 3.05) is 19.1 Å². The van der Waals surface area contributed by atoms with Crippen molar-refractivity contribution in [1.29, 1.82) is 0 Å². The average molecular weight is 470 g/mol. The Balaban J connectivity index is 1.69. The van der Waals surface area contributed by atoms with Crippen LogP contribution in [0.2, 0.25) is 5.02 Å². The summed E-state index contributed by atoms with van der Waals surface area (Å²) in [4.78, 5) is 27.8. The average Bonchev–Trinajstić information content (AvgIpc) is 3.02. The zero-order chi connectivity index (χ0) is 23.8. The second-order valence-corrected chi connectivity index (χ2v) is 8.05. The molecule has 0 bridgehead atoms. The fourth-order valence-corrected chi connectivity index (χ4v) is 4.24. The molecule has 33 heavy (non-hydrogen) atoms. The molecule has 0 saturated carbocycles. The molecule has 0 fully saturated rings. The number of fused-ring (bicyclic) bond motifs is 1. The first-order valence-electron chi connectivity index (χ1n) is 10.1. The normalized spacial score (nSPS) is 17.1. The Kier molecular flexibility index (Phi) is 6.10. The first-order valence-corrected chi connectivity index (χ1v) is 10.5. The van der Waals surface area contributed by atoms with Gasteiger partial charge in [-0.25, -0.2) is 4.39 Å². The van der Waals surface area contributed by atoms with Gasteiger partial charge in [-0.1, -0.05) is 35.9 Å². The molecular formula is C25H21ClFNO5. The molecule has 0 aliphatic carbocycles. The highest BCUT2D eigenvalue weighted by atomic mass is 35.5. The van der Waals surface area contributed by atoms with Crippen LogP contribution < -0.4 is 14.4 Å². The Hall–Kier alpha value is -3.42. The monoisotopic (exact) mass is 469 g/mol. The van der Waals surface area contributed by atoms with Crippen molar-refractivity contribution in [3.63, 3.8) is 0 Å². The Bertz CT molecular complexity index is 1230. The lowest BCUT2D eigenvalue weighted by Gasteiger charge is -2.23. The lowest BCUT2D eigenvalue weighted by atomic mass is 9.88. The zero-order valence-electron chi connectivity index (χ0n) is 18.0. The molecule has 6 nitrogen and oxygen atoms in total. The van der Waals surface area contributed by atoms with Gasteiger partial charge in [0.05, 0.1) is 32.9 Å². The third-order valence-electron chi connectivity index (χ3n) is 5.74. The fraction of sp³-hybridized carbons (Fsp3) is 0.200. The van der Waals surface area contributed by atoms with Crippen LogP contribution in [-0.2, 0) is 16.9 Å². The number of Topliss-reactive ketones (excluding diaryl/α,β-unsaturated/α-hetero) is 1. The largest absolute Gasteiger partial charge is 0.493 e. The summed E-state index contributed by atoms with van der Waals surface area (Å²) in [6, 6.07) is 15.4. The van der Waals surface area contributed by atoms with Gasteiger partial charge in [-0.05, 0) is 36.4 Å². The summed E-state index contributed by atoms with van der Waals surface area (Å²) in [5.74, 6) is -0.957. The van der Waals surface area contributed by atoms with Gasteiger partial charge in [-0.2, -0.15) is 0 Å². The predicted octanol–water partition coefficient (Wildman–Crippen LogP) is 4.50.